The molecule has 0 amide bonds. The molecule has 300 valence electrons. The predicted octanol–water partition coefficient (Wildman–Crippen LogP) is 13.9. The summed E-state index contributed by atoms with van der Waals surface area (Å²) in [5.41, 5.74) is -1.44. The first kappa shape index (κ1) is 45.9. The van der Waals surface area contributed by atoms with Crippen molar-refractivity contribution in [1.29, 1.82) is 0 Å². The van der Waals surface area contributed by atoms with E-state index in [-0.39, 0.29) is 11.5 Å². The van der Waals surface area contributed by atoms with Gasteiger partial charge in [-0.1, -0.05) is 193 Å². The van der Waals surface area contributed by atoms with Crippen molar-refractivity contribution in [2.45, 2.75) is 206 Å². The van der Waals surface area contributed by atoms with E-state index >= 15 is 0 Å². The van der Waals surface area contributed by atoms with Crippen LogP contribution in [0.3, 0.4) is 0 Å². The van der Waals surface area contributed by atoms with Crippen molar-refractivity contribution in [1.82, 2.24) is 9.13 Å². The first-order chi connectivity index (χ1) is 26.0. The van der Waals surface area contributed by atoms with Crippen molar-refractivity contribution < 1.29 is 14.9 Å². The van der Waals surface area contributed by atoms with E-state index < -0.39 is 22.4 Å². The maximum atomic E-state index is 12.7. The van der Waals surface area contributed by atoms with Gasteiger partial charge in [-0.25, -0.2) is 0 Å². The van der Waals surface area contributed by atoms with E-state index in [1.165, 1.54) is 192 Å². The van der Waals surface area contributed by atoms with E-state index in [0.717, 1.165) is 25.7 Å². The Bertz CT molecular complexity index is 1270. The second kappa shape index (κ2) is 31.2. The van der Waals surface area contributed by atoms with Gasteiger partial charge in [-0.05, 0) is 25.7 Å². The molecule has 0 aliphatic rings. The van der Waals surface area contributed by atoms with E-state index in [4.69, 9.17) is 4.74 Å². The largest absolute Gasteiger partial charge is 0.503 e. The van der Waals surface area contributed by atoms with Crippen LogP contribution in [-0.4, -0.2) is 19.3 Å². The van der Waals surface area contributed by atoms with Crippen LogP contribution in [0.15, 0.2) is 46.5 Å². The Morgan fingerprint density at radius 3 is 0.981 bits per heavy atom. The average molecular weight is 737 g/mol. The maximum Gasteiger partial charge on any atom is 0.265 e. The van der Waals surface area contributed by atoms with Crippen LogP contribution in [0.5, 0.6) is 23.0 Å². The zero-order valence-corrected chi connectivity index (χ0v) is 33.8. The van der Waals surface area contributed by atoms with Crippen molar-refractivity contribution in [2.24, 2.45) is 0 Å². The second-order valence-corrected chi connectivity index (χ2v) is 15.2. The van der Waals surface area contributed by atoms with Gasteiger partial charge < -0.3 is 24.1 Å². The molecule has 0 atom stereocenters. The molecule has 2 rings (SSSR count). The van der Waals surface area contributed by atoms with Crippen molar-refractivity contribution in [3.63, 3.8) is 0 Å². The number of rotatable bonds is 34. The lowest BCUT2D eigenvalue weighted by Gasteiger charge is -2.10. The van der Waals surface area contributed by atoms with Crippen LogP contribution >= 0.6 is 0 Å². The molecule has 0 spiro atoms. The molecule has 0 radical (unpaired) electrons. The Morgan fingerprint density at radius 1 is 0.434 bits per heavy atom. The quantitative estimate of drug-likeness (QED) is 0.0698. The summed E-state index contributed by atoms with van der Waals surface area (Å²) in [5.74, 6) is -1.33. The van der Waals surface area contributed by atoms with E-state index in [2.05, 4.69) is 13.8 Å². The average Bonchev–Trinajstić information content (AvgIpc) is 3.15. The number of hydrogen-bond donors (Lipinski definition) is 2. The van der Waals surface area contributed by atoms with E-state index in [0.29, 0.717) is 0 Å². The summed E-state index contributed by atoms with van der Waals surface area (Å²) in [7, 11) is 0. The van der Waals surface area contributed by atoms with Gasteiger partial charge in [-0.3, -0.25) is 9.59 Å². The second-order valence-electron chi connectivity index (χ2n) is 15.2. The molecule has 2 N–H and O–H groups in total. The topological polar surface area (TPSA) is 93.7 Å². The Kier molecular flexibility index (Phi) is 27.0. The highest BCUT2D eigenvalue weighted by Crippen LogP contribution is 2.21. The summed E-state index contributed by atoms with van der Waals surface area (Å²) in [4.78, 5) is 25.3. The van der Waals surface area contributed by atoms with Gasteiger partial charge in [0.25, 0.3) is 10.9 Å². The maximum absolute atomic E-state index is 12.7. The lowest BCUT2D eigenvalue weighted by atomic mass is 10.0. The van der Waals surface area contributed by atoms with E-state index in [1.807, 2.05) is 12.2 Å². The van der Waals surface area contributed by atoms with Crippen LogP contribution in [0.2, 0.25) is 0 Å². The van der Waals surface area contributed by atoms with Crippen molar-refractivity contribution in [3.8, 4) is 23.0 Å². The van der Waals surface area contributed by atoms with Gasteiger partial charge in [0.15, 0.2) is 23.0 Å². The standard InChI is InChI=1S/C46H76N2O5/c1-3-5-7-9-11-13-15-17-19-21-23-25-27-29-31-33-35-47-37-41(49)45(51)43(39-47)53-44-40-48(38-42(50)46(44)52)36-34-32-30-28-26-24-22-20-18-16-14-12-10-8-6-4-2/h33-40,49-50H,3-32H2,1-2H3. The molecule has 2 heterocycles. The van der Waals surface area contributed by atoms with Crippen molar-refractivity contribution >= 4 is 12.4 Å². The number of pyridine rings is 2. The number of aromatic hydroxyl groups is 2. The number of ether oxygens (including phenoxy) is 1. The molecule has 0 aliphatic carbocycles. The number of allylic oxidation sites excluding steroid dienone is 2. The highest BCUT2D eigenvalue weighted by molar-refractivity contribution is 5.40. The minimum Gasteiger partial charge on any atom is -0.503 e. The van der Waals surface area contributed by atoms with Gasteiger partial charge in [0.1, 0.15) is 0 Å². The Hall–Kier alpha value is -3.22. The molecule has 0 saturated heterocycles. The monoisotopic (exact) mass is 737 g/mol. The van der Waals surface area contributed by atoms with Crippen LogP contribution in [0, 0.1) is 0 Å². The molecule has 7 heteroatoms. The highest BCUT2D eigenvalue weighted by Gasteiger charge is 2.13. The molecule has 0 aromatic carbocycles. The summed E-state index contributed by atoms with van der Waals surface area (Å²) in [6, 6.07) is 0. The summed E-state index contributed by atoms with van der Waals surface area (Å²) in [6.07, 6.45) is 52.0. The number of nitrogens with zero attached hydrogens (tertiary/aromatic N) is 2. The fourth-order valence-electron chi connectivity index (χ4n) is 6.86. The van der Waals surface area contributed by atoms with Crippen LogP contribution in [0.1, 0.15) is 206 Å². The molecule has 0 unspecified atom stereocenters. The molecular formula is C46H76N2O5. The summed E-state index contributed by atoms with van der Waals surface area (Å²) >= 11 is 0. The molecule has 0 aliphatic heterocycles. The molecule has 0 fully saturated rings. The Labute approximate surface area is 322 Å². The van der Waals surface area contributed by atoms with Gasteiger partial charge >= 0.3 is 0 Å². The van der Waals surface area contributed by atoms with Crippen molar-refractivity contribution in [2.75, 3.05) is 0 Å². The third-order valence-electron chi connectivity index (χ3n) is 10.2. The van der Waals surface area contributed by atoms with Crippen LogP contribution in [-0.2, 0) is 0 Å². The SMILES string of the molecule is CCCCCCCCCCCCCCCCC=Cn1cc(O)c(=O)c(Oc2cn(C=CCCCCCCCCCCCCCCCC)cc(O)c2=O)c1. The zero-order valence-electron chi connectivity index (χ0n) is 33.8. The summed E-state index contributed by atoms with van der Waals surface area (Å²) in [6.45, 7) is 4.54. The van der Waals surface area contributed by atoms with Crippen molar-refractivity contribution in [3.05, 3.63) is 57.4 Å². The summed E-state index contributed by atoms with van der Waals surface area (Å²) in [5, 5.41) is 20.6. The normalized spacial score (nSPS) is 11.7. The highest BCUT2D eigenvalue weighted by atomic mass is 16.5. The van der Waals surface area contributed by atoms with Gasteiger partial charge in [-0.15, -0.1) is 0 Å². The molecular weight excluding hydrogens is 661 g/mol. The van der Waals surface area contributed by atoms with Crippen LogP contribution < -0.4 is 15.6 Å². The first-order valence-electron chi connectivity index (χ1n) is 21.9. The molecule has 2 aromatic rings. The number of unbranched alkanes of at least 4 members (excludes halogenated alkanes) is 28. The lowest BCUT2D eigenvalue weighted by molar-refractivity contribution is 0.425. The predicted molar refractivity (Wildman–Crippen MR) is 225 cm³/mol. The number of aromatic nitrogens is 2. The third-order valence-corrected chi connectivity index (χ3v) is 10.2. The van der Waals surface area contributed by atoms with Crippen LogP contribution in [0.25, 0.3) is 12.4 Å². The van der Waals surface area contributed by atoms with E-state index in [1.54, 1.807) is 21.5 Å². The molecule has 0 saturated carbocycles. The minimum atomic E-state index is -0.718. The Morgan fingerprint density at radius 2 is 0.698 bits per heavy atom. The smallest absolute Gasteiger partial charge is 0.265 e. The molecule has 7 nitrogen and oxygen atoms in total. The third kappa shape index (κ3) is 22.6. The van der Waals surface area contributed by atoms with Gasteiger partial charge in [0, 0.05) is 12.4 Å². The lowest BCUT2D eigenvalue weighted by Crippen LogP contribution is -2.12. The van der Waals surface area contributed by atoms with Gasteiger partial charge in [0.2, 0.25) is 0 Å². The van der Waals surface area contributed by atoms with Crippen LogP contribution in [0.4, 0.5) is 0 Å². The fourth-order valence-corrected chi connectivity index (χ4v) is 6.86. The van der Waals surface area contributed by atoms with Gasteiger partial charge in [0.05, 0.1) is 24.8 Å². The molecule has 0 bridgehead atoms. The number of hydrogen-bond acceptors (Lipinski definition) is 5. The van der Waals surface area contributed by atoms with E-state index in [9.17, 15) is 19.8 Å². The zero-order chi connectivity index (χ0) is 38.2. The minimum absolute atomic E-state index is 0.188. The fraction of sp³-hybridized carbons (Fsp3) is 0.696. The van der Waals surface area contributed by atoms with Gasteiger partial charge in [-0.2, -0.15) is 0 Å². The summed E-state index contributed by atoms with van der Waals surface area (Å²) < 4.78 is 8.82. The molecule has 2 aromatic heterocycles. The Balaban J connectivity index is 1.67. The molecule has 53 heavy (non-hydrogen) atoms. The first-order valence-corrected chi connectivity index (χ1v) is 21.9.